The molecule has 0 spiro atoms. The molecule has 0 aliphatic carbocycles. The van der Waals surface area contributed by atoms with Gasteiger partial charge in [-0.15, -0.1) is 0 Å². The number of aryl methyl sites for hydroxylation is 1. The van der Waals surface area contributed by atoms with Gasteiger partial charge in [0.15, 0.2) is 0 Å². The number of anilines is 2. The number of benzene rings is 4. The summed E-state index contributed by atoms with van der Waals surface area (Å²) in [5.74, 6) is -0.824. The number of halogens is 7. The van der Waals surface area contributed by atoms with Crippen molar-refractivity contribution in [2.75, 3.05) is 4.90 Å². The zero-order valence-electron chi connectivity index (χ0n) is 21.7. The van der Waals surface area contributed by atoms with Crippen LogP contribution in [-0.2, 0) is 13.2 Å². The summed E-state index contributed by atoms with van der Waals surface area (Å²) in [6, 6.07) is 22.5. The lowest BCUT2D eigenvalue weighted by molar-refractivity contribution is -0.137. The van der Waals surface area contributed by atoms with Gasteiger partial charge in [0, 0.05) is 40.0 Å². The molecule has 1 heterocycles. The van der Waals surface area contributed by atoms with E-state index in [1.54, 1.807) is 60.7 Å². The maximum atomic E-state index is 14.3. The first-order valence-electron chi connectivity index (χ1n) is 12.4. The van der Waals surface area contributed by atoms with E-state index in [-0.39, 0.29) is 22.0 Å². The third-order valence-electron chi connectivity index (χ3n) is 6.53. The van der Waals surface area contributed by atoms with Gasteiger partial charge in [0.1, 0.15) is 5.69 Å². The van der Waals surface area contributed by atoms with Crippen LogP contribution in [0.3, 0.4) is 0 Å². The first kappa shape index (κ1) is 29.3. The number of nitrogens with zero attached hydrogens (tertiary/aromatic N) is 3. The van der Waals surface area contributed by atoms with Crippen LogP contribution in [-0.4, -0.2) is 15.7 Å². The molecule has 0 saturated carbocycles. The van der Waals surface area contributed by atoms with Gasteiger partial charge in [0.25, 0.3) is 12.3 Å². The molecule has 4 aromatic carbocycles. The van der Waals surface area contributed by atoms with E-state index < -0.39 is 29.8 Å². The summed E-state index contributed by atoms with van der Waals surface area (Å²) in [4.78, 5) is 15.6. The van der Waals surface area contributed by atoms with Crippen LogP contribution in [0.5, 0.6) is 0 Å². The quantitative estimate of drug-likeness (QED) is 0.178. The molecular weight excluding hydrogens is 596 g/mol. The summed E-state index contributed by atoms with van der Waals surface area (Å²) in [7, 11) is 1.42. The molecule has 4 nitrogen and oxygen atoms in total. The highest BCUT2D eigenvalue weighted by Crippen LogP contribution is 2.43. The Hall–Kier alpha value is -4.21. The molecule has 0 aliphatic rings. The number of amides is 1. The second kappa shape index (κ2) is 11.6. The fourth-order valence-electron chi connectivity index (χ4n) is 4.66. The molecule has 0 bridgehead atoms. The van der Waals surface area contributed by atoms with Crippen molar-refractivity contribution < 1.29 is 26.7 Å². The van der Waals surface area contributed by atoms with Crippen LogP contribution in [0.1, 0.15) is 28.0 Å². The number of hydrogen-bond acceptors (Lipinski definition) is 2. The topological polar surface area (TPSA) is 38.1 Å². The van der Waals surface area contributed by atoms with Crippen LogP contribution in [0.4, 0.5) is 33.3 Å². The van der Waals surface area contributed by atoms with Crippen LogP contribution in [0.2, 0.25) is 10.0 Å². The molecule has 214 valence electrons. The van der Waals surface area contributed by atoms with Crippen molar-refractivity contribution >= 4 is 40.5 Å². The summed E-state index contributed by atoms with van der Waals surface area (Å²) in [5, 5.41) is 4.47. The van der Waals surface area contributed by atoms with Gasteiger partial charge in [0.05, 0.1) is 22.5 Å². The standard InChI is InChI=1S/C31H20Cl2F5N3O/c1-40-17-24(28(39-40)29(34)35)30(42)41(27-9-5-3-7-23(27)22-15-14-20(32)16-25(22)33)26-8-4-2-6-21(26)18-10-12-19(13-11-18)31(36,37)38/h2-17,29H,1H3. The minimum Gasteiger partial charge on any atom is -0.276 e. The van der Waals surface area contributed by atoms with Gasteiger partial charge in [0.2, 0.25) is 0 Å². The summed E-state index contributed by atoms with van der Waals surface area (Å²) in [6.07, 6.45) is -6.38. The average Bonchev–Trinajstić information content (AvgIpc) is 3.36. The van der Waals surface area contributed by atoms with Gasteiger partial charge in [-0.1, -0.05) is 77.8 Å². The zero-order valence-corrected chi connectivity index (χ0v) is 23.2. The minimum atomic E-state index is -4.54. The van der Waals surface area contributed by atoms with Crippen molar-refractivity contribution in [2.24, 2.45) is 7.05 Å². The molecule has 1 amide bonds. The summed E-state index contributed by atoms with van der Waals surface area (Å²) < 4.78 is 69.0. The van der Waals surface area contributed by atoms with Crippen LogP contribution in [0.25, 0.3) is 22.3 Å². The fourth-order valence-corrected chi connectivity index (χ4v) is 5.17. The van der Waals surface area contributed by atoms with Crippen LogP contribution in [0.15, 0.2) is 97.2 Å². The van der Waals surface area contributed by atoms with Gasteiger partial charge in [-0.3, -0.25) is 14.4 Å². The molecule has 5 rings (SSSR count). The van der Waals surface area contributed by atoms with Crippen molar-refractivity contribution in [1.29, 1.82) is 0 Å². The Morgan fingerprint density at radius 1 is 0.833 bits per heavy atom. The van der Waals surface area contributed by atoms with E-state index in [1.165, 1.54) is 36.3 Å². The number of carbonyl (C=O) groups excluding carboxylic acids is 1. The van der Waals surface area contributed by atoms with Crippen LogP contribution < -0.4 is 4.90 Å². The van der Waals surface area contributed by atoms with Crippen molar-refractivity contribution in [3.05, 3.63) is 124 Å². The first-order valence-corrected chi connectivity index (χ1v) is 13.2. The minimum absolute atomic E-state index is 0.240. The molecule has 0 radical (unpaired) electrons. The van der Waals surface area contributed by atoms with E-state index >= 15 is 0 Å². The highest BCUT2D eigenvalue weighted by atomic mass is 35.5. The monoisotopic (exact) mass is 615 g/mol. The predicted octanol–water partition coefficient (Wildman–Crippen LogP) is 10.00. The average molecular weight is 616 g/mol. The SMILES string of the molecule is Cn1cc(C(=O)N(c2ccccc2-c2ccc(C(F)(F)F)cc2)c2ccccc2-c2ccc(Cl)cc2Cl)c(C(F)F)n1. The Morgan fingerprint density at radius 2 is 1.43 bits per heavy atom. The largest absolute Gasteiger partial charge is 0.416 e. The Labute approximate surface area is 247 Å². The van der Waals surface area contributed by atoms with E-state index in [4.69, 9.17) is 23.2 Å². The van der Waals surface area contributed by atoms with Crippen molar-refractivity contribution in [3.8, 4) is 22.3 Å². The molecular formula is C31H20Cl2F5N3O. The first-order chi connectivity index (χ1) is 20.0. The van der Waals surface area contributed by atoms with Crippen LogP contribution >= 0.6 is 23.2 Å². The summed E-state index contributed by atoms with van der Waals surface area (Å²) in [6.45, 7) is 0. The van der Waals surface area contributed by atoms with E-state index in [2.05, 4.69) is 5.10 Å². The normalized spacial score (nSPS) is 11.6. The molecule has 0 atom stereocenters. The fraction of sp³-hybridized carbons (Fsp3) is 0.0968. The van der Waals surface area contributed by atoms with Crippen molar-refractivity contribution in [2.45, 2.75) is 12.6 Å². The molecule has 0 N–H and O–H groups in total. The van der Waals surface area contributed by atoms with Crippen molar-refractivity contribution in [3.63, 3.8) is 0 Å². The number of rotatable bonds is 6. The summed E-state index contributed by atoms with van der Waals surface area (Å²) in [5.41, 5.74) is 0.403. The van der Waals surface area contributed by atoms with Gasteiger partial charge < -0.3 is 0 Å². The Morgan fingerprint density at radius 3 is 2.02 bits per heavy atom. The lowest BCUT2D eigenvalue weighted by Crippen LogP contribution is -2.28. The molecule has 0 unspecified atom stereocenters. The Kier molecular flexibility index (Phi) is 8.08. The number of para-hydroxylation sites is 2. The molecule has 1 aromatic heterocycles. The second-order valence-corrected chi connectivity index (χ2v) is 10.1. The molecule has 0 aliphatic heterocycles. The van der Waals surface area contributed by atoms with Crippen LogP contribution in [0, 0.1) is 0 Å². The second-order valence-electron chi connectivity index (χ2n) is 9.28. The predicted molar refractivity (Wildman–Crippen MR) is 153 cm³/mol. The maximum Gasteiger partial charge on any atom is 0.416 e. The van der Waals surface area contributed by atoms with Gasteiger partial charge in [-0.05, 0) is 42.0 Å². The molecule has 0 fully saturated rings. The third kappa shape index (κ3) is 5.75. The lowest BCUT2D eigenvalue weighted by Gasteiger charge is -2.28. The molecule has 11 heteroatoms. The van der Waals surface area contributed by atoms with E-state index in [0.29, 0.717) is 27.3 Å². The van der Waals surface area contributed by atoms with Gasteiger partial charge >= 0.3 is 6.18 Å². The van der Waals surface area contributed by atoms with Gasteiger partial charge in [-0.2, -0.15) is 18.3 Å². The number of aromatic nitrogens is 2. The van der Waals surface area contributed by atoms with E-state index in [1.807, 2.05) is 0 Å². The molecule has 42 heavy (non-hydrogen) atoms. The smallest absolute Gasteiger partial charge is 0.276 e. The Balaban J connectivity index is 1.77. The van der Waals surface area contributed by atoms with Crippen molar-refractivity contribution in [1.82, 2.24) is 9.78 Å². The highest BCUT2D eigenvalue weighted by molar-refractivity contribution is 6.36. The lowest BCUT2D eigenvalue weighted by atomic mass is 9.98. The third-order valence-corrected chi connectivity index (χ3v) is 7.08. The number of alkyl halides is 5. The molecule has 5 aromatic rings. The number of carbonyl (C=O) groups is 1. The van der Waals surface area contributed by atoms with Gasteiger partial charge in [-0.25, -0.2) is 8.78 Å². The highest BCUT2D eigenvalue weighted by Gasteiger charge is 2.32. The number of hydrogen-bond donors (Lipinski definition) is 0. The summed E-state index contributed by atoms with van der Waals surface area (Å²) >= 11 is 12.7. The maximum absolute atomic E-state index is 14.3. The zero-order chi connectivity index (χ0) is 30.2. The van der Waals surface area contributed by atoms with E-state index in [9.17, 15) is 26.7 Å². The molecule has 0 saturated heterocycles. The Bertz CT molecular complexity index is 1770. The van der Waals surface area contributed by atoms with E-state index in [0.717, 1.165) is 16.8 Å².